The van der Waals surface area contributed by atoms with Gasteiger partial charge < -0.3 is 15.3 Å². The topological polar surface area (TPSA) is 105 Å². The zero-order chi connectivity index (χ0) is 24.0. The van der Waals surface area contributed by atoms with Crippen molar-refractivity contribution < 1.29 is 23.4 Å². The van der Waals surface area contributed by atoms with Crippen molar-refractivity contribution in [1.29, 1.82) is 0 Å². The quantitative estimate of drug-likeness (QED) is 0.203. The molecule has 10 heteroatoms. The molecule has 0 saturated carbocycles. The zero-order valence-corrected chi connectivity index (χ0v) is 18.2. The van der Waals surface area contributed by atoms with E-state index < -0.39 is 17.7 Å². The molecule has 4 aromatic rings. The fourth-order valence-electron chi connectivity index (χ4n) is 4.36. The monoisotopic (exact) mass is 482 g/mol. The number of hydrogen-bond acceptors (Lipinski definition) is 3. The van der Waals surface area contributed by atoms with E-state index in [0.717, 1.165) is 23.9 Å². The normalized spacial score (nSPS) is 14.7. The highest BCUT2D eigenvalue weighted by molar-refractivity contribution is 6.31. The van der Waals surface area contributed by atoms with Crippen molar-refractivity contribution >= 4 is 23.4 Å². The van der Waals surface area contributed by atoms with Gasteiger partial charge in [-0.25, -0.2) is 18.6 Å². The Labute approximate surface area is 197 Å². The average Bonchev–Trinajstić information content (AvgIpc) is 3.44. The third-order valence-corrected chi connectivity index (χ3v) is 6.18. The summed E-state index contributed by atoms with van der Waals surface area (Å²) in [5.41, 5.74) is 2.92. The zero-order valence-electron chi connectivity index (χ0n) is 17.5. The molecule has 1 aliphatic carbocycles. The number of halogens is 3. The van der Waals surface area contributed by atoms with Crippen LogP contribution < -0.4 is 10.0 Å². The number of pyridine rings is 1. The van der Waals surface area contributed by atoms with Crippen molar-refractivity contribution in [3.8, 4) is 22.4 Å². The fourth-order valence-corrected chi connectivity index (χ4v) is 4.52. The van der Waals surface area contributed by atoms with Gasteiger partial charge in [-0.2, -0.15) is 4.73 Å². The fraction of sp³-hybridized carbons (Fsp3) is 0.125. The lowest BCUT2D eigenvalue weighted by molar-refractivity contribution is -0.614. The molecule has 0 saturated heterocycles. The van der Waals surface area contributed by atoms with Gasteiger partial charge in [0, 0.05) is 11.3 Å². The first kappa shape index (κ1) is 21.8. The Balaban J connectivity index is 1.46. The maximum Gasteiger partial charge on any atom is 0.409 e. The van der Waals surface area contributed by atoms with Crippen molar-refractivity contribution in [2.24, 2.45) is 0 Å². The Morgan fingerprint density at radius 1 is 1.21 bits per heavy atom. The van der Waals surface area contributed by atoms with Gasteiger partial charge in [-0.1, -0.05) is 23.7 Å². The molecule has 34 heavy (non-hydrogen) atoms. The predicted molar refractivity (Wildman–Crippen MR) is 122 cm³/mol. The molecule has 0 fully saturated rings. The number of aromatic nitrogens is 3. The van der Waals surface area contributed by atoms with Crippen LogP contribution in [0.15, 0.2) is 54.9 Å². The van der Waals surface area contributed by atoms with Crippen molar-refractivity contribution in [1.82, 2.24) is 9.97 Å². The molecule has 7 nitrogen and oxygen atoms in total. The number of H-pyrrole nitrogens is 1. The van der Waals surface area contributed by atoms with Crippen LogP contribution >= 0.6 is 11.6 Å². The molecule has 2 aromatic heterocycles. The van der Waals surface area contributed by atoms with Crippen LogP contribution in [0.25, 0.3) is 22.4 Å². The Morgan fingerprint density at radius 2 is 1.97 bits per heavy atom. The third kappa shape index (κ3) is 3.84. The number of nitrogens with one attached hydrogen (secondary N) is 2. The molecule has 1 atom stereocenters. The van der Waals surface area contributed by atoms with Crippen molar-refractivity contribution in [3.05, 3.63) is 93.8 Å². The standard InChI is InChI=1S/C24H17ClF2N4O3/c25-17-7-8-18(26)20(21(17)27)14-9-13-3-6-16(22(13)31(34)11-14)23-28-10-19(30-23)12-1-4-15(5-2-12)29-24(32)33/h1-2,4-5,7-11,16,29H,3,6H2,(H,28,30)(H,32,33). The van der Waals surface area contributed by atoms with Crippen LogP contribution in [0.1, 0.15) is 29.4 Å². The molecule has 2 aromatic carbocycles. The van der Waals surface area contributed by atoms with Crippen molar-refractivity contribution in [2.75, 3.05) is 5.32 Å². The van der Waals surface area contributed by atoms with E-state index >= 15 is 0 Å². The Kier molecular flexibility index (Phi) is 5.41. The van der Waals surface area contributed by atoms with Gasteiger partial charge in [-0.3, -0.25) is 5.32 Å². The number of amides is 1. The number of carbonyl (C=O) groups is 1. The number of aryl methyl sites for hydroxylation is 1. The molecule has 0 radical (unpaired) electrons. The summed E-state index contributed by atoms with van der Waals surface area (Å²) in [5, 5.41) is 23.8. The second-order valence-corrected chi connectivity index (χ2v) is 8.37. The smallest absolute Gasteiger partial charge is 0.409 e. The number of aromatic amines is 1. The lowest BCUT2D eigenvalue weighted by Crippen LogP contribution is -2.33. The van der Waals surface area contributed by atoms with Gasteiger partial charge in [-0.15, -0.1) is 0 Å². The largest absolute Gasteiger partial charge is 0.618 e. The van der Waals surface area contributed by atoms with Gasteiger partial charge in [0.2, 0.25) is 5.69 Å². The maximum absolute atomic E-state index is 14.5. The molecule has 1 amide bonds. The summed E-state index contributed by atoms with van der Waals surface area (Å²) >= 11 is 5.81. The number of hydrogen-bond donors (Lipinski definition) is 3. The molecular formula is C24H17ClF2N4O3. The summed E-state index contributed by atoms with van der Waals surface area (Å²) < 4.78 is 29.5. The minimum atomic E-state index is -1.15. The number of rotatable bonds is 4. The van der Waals surface area contributed by atoms with E-state index in [2.05, 4.69) is 15.3 Å². The maximum atomic E-state index is 14.5. The summed E-state index contributed by atoms with van der Waals surface area (Å²) in [5.74, 6) is -1.41. The molecule has 1 aliphatic rings. The number of benzene rings is 2. The first-order valence-electron chi connectivity index (χ1n) is 10.4. The van der Waals surface area contributed by atoms with Crippen LogP contribution in [0.2, 0.25) is 5.02 Å². The minimum Gasteiger partial charge on any atom is -0.618 e. The van der Waals surface area contributed by atoms with Gasteiger partial charge in [0.1, 0.15) is 17.6 Å². The van der Waals surface area contributed by atoms with Crippen LogP contribution in [0.5, 0.6) is 0 Å². The average molecular weight is 483 g/mol. The van der Waals surface area contributed by atoms with E-state index in [-0.39, 0.29) is 22.1 Å². The summed E-state index contributed by atoms with van der Waals surface area (Å²) in [4.78, 5) is 18.4. The van der Waals surface area contributed by atoms with Crippen LogP contribution in [-0.4, -0.2) is 21.2 Å². The van der Waals surface area contributed by atoms with E-state index in [1.165, 1.54) is 0 Å². The van der Waals surface area contributed by atoms with Crippen molar-refractivity contribution in [3.63, 3.8) is 0 Å². The van der Waals surface area contributed by atoms with Gasteiger partial charge in [0.05, 0.1) is 28.0 Å². The van der Waals surface area contributed by atoms with Crippen LogP contribution in [0.3, 0.4) is 0 Å². The third-order valence-electron chi connectivity index (χ3n) is 5.89. The van der Waals surface area contributed by atoms with Crippen molar-refractivity contribution in [2.45, 2.75) is 18.8 Å². The second kappa shape index (κ2) is 8.42. The van der Waals surface area contributed by atoms with E-state index in [0.29, 0.717) is 46.0 Å². The molecular weight excluding hydrogens is 466 g/mol. The van der Waals surface area contributed by atoms with Crippen LogP contribution in [0, 0.1) is 16.8 Å². The highest BCUT2D eigenvalue weighted by Gasteiger charge is 2.35. The lowest BCUT2D eigenvalue weighted by atomic mass is 10.0. The number of anilines is 1. The highest BCUT2D eigenvalue weighted by atomic mass is 35.5. The summed E-state index contributed by atoms with van der Waals surface area (Å²) in [6.45, 7) is 0. The molecule has 1 unspecified atom stereocenters. The molecule has 5 rings (SSSR count). The Morgan fingerprint density at radius 3 is 2.71 bits per heavy atom. The van der Waals surface area contributed by atoms with Gasteiger partial charge in [-0.05, 0) is 48.7 Å². The molecule has 0 aliphatic heterocycles. The van der Waals surface area contributed by atoms with E-state index in [1.807, 2.05) is 0 Å². The molecule has 3 N–H and O–H groups in total. The van der Waals surface area contributed by atoms with Gasteiger partial charge >= 0.3 is 6.09 Å². The van der Waals surface area contributed by atoms with Crippen LogP contribution in [0.4, 0.5) is 19.3 Å². The summed E-state index contributed by atoms with van der Waals surface area (Å²) in [6, 6.07) is 10.6. The van der Waals surface area contributed by atoms with Crippen LogP contribution in [-0.2, 0) is 6.42 Å². The molecule has 172 valence electrons. The SMILES string of the molecule is O=C(O)Nc1ccc(-c2cnc(C3CCc4cc(-c5c(F)ccc(Cl)c5F)c[n+]([O-])c43)[nH]2)cc1. The summed E-state index contributed by atoms with van der Waals surface area (Å²) in [6.07, 6.45) is 2.81. The summed E-state index contributed by atoms with van der Waals surface area (Å²) in [7, 11) is 0. The van der Waals surface area contributed by atoms with E-state index in [1.54, 1.807) is 36.5 Å². The van der Waals surface area contributed by atoms with Gasteiger partial charge in [0.15, 0.2) is 12.0 Å². The molecule has 0 bridgehead atoms. The first-order valence-corrected chi connectivity index (χ1v) is 10.7. The molecule has 0 spiro atoms. The highest BCUT2D eigenvalue weighted by Crippen LogP contribution is 2.38. The number of fused-ring (bicyclic) bond motifs is 1. The minimum absolute atomic E-state index is 0.127. The Hall–Kier alpha value is -3.98. The molecule has 2 heterocycles. The number of carboxylic acid groups (broad SMARTS) is 1. The second-order valence-electron chi connectivity index (χ2n) is 7.96. The van der Waals surface area contributed by atoms with Gasteiger partial charge in [0.25, 0.3) is 0 Å². The number of nitrogens with zero attached hydrogens (tertiary/aromatic N) is 2. The predicted octanol–water partition coefficient (Wildman–Crippen LogP) is 5.48. The van der Waals surface area contributed by atoms with E-state index in [4.69, 9.17) is 16.7 Å². The lowest BCUT2D eigenvalue weighted by Gasteiger charge is -2.12. The number of imidazole rings is 1. The first-order chi connectivity index (χ1) is 16.3. The van der Waals surface area contributed by atoms with E-state index in [9.17, 15) is 18.8 Å². The Bertz CT molecular complexity index is 1420.